The van der Waals surface area contributed by atoms with Crippen LogP contribution in [-0.2, 0) is 69.5 Å². The average molecular weight is 1140 g/mol. The van der Waals surface area contributed by atoms with Gasteiger partial charge in [0.2, 0.25) is 0 Å². The van der Waals surface area contributed by atoms with Gasteiger partial charge >= 0.3 is 142 Å². The maximum atomic E-state index is 12.8. The molecule has 26 heteroatoms. The Morgan fingerprint density at radius 3 is 1.32 bits per heavy atom. The van der Waals surface area contributed by atoms with E-state index in [1.807, 2.05) is 13.8 Å². The third kappa shape index (κ3) is 49.7. The Balaban J connectivity index is 0. The Morgan fingerprint density at radius 2 is 0.974 bits per heavy atom. The molecule has 0 aliphatic carbocycles. The van der Waals surface area contributed by atoms with Crippen molar-refractivity contribution in [2.75, 3.05) is 85.6 Å². The summed E-state index contributed by atoms with van der Waals surface area (Å²) in [4.78, 5) is 30.0. The summed E-state index contributed by atoms with van der Waals surface area (Å²) in [7, 11) is -7.14. The van der Waals surface area contributed by atoms with Gasteiger partial charge in [-0.3, -0.25) is 23.2 Å². The van der Waals surface area contributed by atoms with E-state index in [9.17, 15) is 23.4 Å². The second kappa shape index (κ2) is 56.2. The molecule has 0 aromatic rings. The molecule has 77 heavy (non-hydrogen) atoms. The first kappa shape index (κ1) is 76.0. The van der Waals surface area contributed by atoms with Gasteiger partial charge in [-0.25, -0.2) is 4.57 Å². The molecule has 0 radical (unpaired) electrons. The van der Waals surface area contributed by atoms with Crippen molar-refractivity contribution in [3.63, 3.8) is 0 Å². The molecule has 0 aliphatic heterocycles. The van der Waals surface area contributed by atoms with E-state index in [4.69, 9.17) is 62.9 Å². The Bertz CT molecular complexity index is 1670. The van der Waals surface area contributed by atoms with Gasteiger partial charge in [0.15, 0.2) is 0 Å². The Morgan fingerprint density at radius 1 is 0.584 bits per heavy atom. The van der Waals surface area contributed by atoms with E-state index in [1.54, 1.807) is 0 Å². The summed E-state index contributed by atoms with van der Waals surface area (Å²) in [5.74, 6) is -0.366. The molecule has 0 saturated heterocycles. The van der Waals surface area contributed by atoms with Crippen LogP contribution in [0.2, 0.25) is 0 Å². The van der Waals surface area contributed by atoms with Crippen LogP contribution >= 0.6 is 15.6 Å². The van der Waals surface area contributed by atoms with Crippen molar-refractivity contribution in [2.45, 2.75) is 206 Å². The van der Waals surface area contributed by atoms with Crippen LogP contribution < -0.4 is 11.1 Å². The number of phosphoric acid groups is 2. The Kier molecular flexibility index (Phi) is 55.5. The van der Waals surface area contributed by atoms with E-state index < -0.39 is 27.7 Å². The van der Waals surface area contributed by atoms with Crippen molar-refractivity contribution in [2.24, 2.45) is 16.0 Å². The molecule has 0 aromatic carbocycles. The molecule has 6 atom stereocenters. The summed E-state index contributed by atoms with van der Waals surface area (Å²) >= 11 is 0. The third-order valence-corrected chi connectivity index (χ3v) is 14.2. The number of unbranched alkanes of at least 4 members (excludes halogenated alkanes) is 16. The zero-order valence-corrected chi connectivity index (χ0v) is 49.2. The molecule has 3 N–H and O–H groups in total. The number of nitrogens with zero attached hydrogens (tertiary/aromatic N) is 6. The number of carbonyl (C=O) groups excluding carboxylic acids is 2. The number of hydrogen-bond acceptors (Lipinski definition) is 19. The summed E-state index contributed by atoms with van der Waals surface area (Å²) in [5, 5.41) is 10.0. The fraction of sp³-hybridized carbons (Fsp3) is 0.882. The zero-order valence-electron chi connectivity index (χ0n) is 47.4. The van der Waals surface area contributed by atoms with Gasteiger partial charge in [-0.15, -0.1) is 6.58 Å². The van der Waals surface area contributed by atoms with Gasteiger partial charge in [0.05, 0.1) is 39.1 Å². The number of nitrogens with two attached hydrogens (primary N) is 1. The average Bonchev–Trinajstić information content (AvgIpc) is 3.42. The fourth-order valence-electron chi connectivity index (χ4n) is 7.01. The van der Waals surface area contributed by atoms with Gasteiger partial charge in [-0.05, 0) is 31.2 Å². The number of nitrogens with one attached hydrogen (secondary N) is 1. The molecule has 23 nitrogen and oxygen atoms in total. The molecule has 0 amide bonds. The van der Waals surface area contributed by atoms with Crippen LogP contribution in [0.4, 0.5) is 0 Å². The topological polar surface area (TPSA) is 313 Å². The summed E-state index contributed by atoms with van der Waals surface area (Å²) in [6.45, 7) is 15.7. The van der Waals surface area contributed by atoms with Crippen LogP contribution in [0.1, 0.15) is 182 Å². The van der Waals surface area contributed by atoms with E-state index in [-0.39, 0.29) is 103 Å². The molecule has 0 rings (SSSR count). The van der Waals surface area contributed by atoms with Gasteiger partial charge in [-0.1, -0.05) is 142 Å². The van der Waals surface area contributed by atoms with Crippen LogP contribution in [0.5, 0.6) is 0 Å². The quantitative estimate of drug-likeness (QED) is 0.00835. The van der Waals surface area contributed by atoms with Crippen LogP contribution in [0.3, 0.4) is 0 Å². The molecule has 0 spiro atoms. The summed E-state index contributed by atoms with van der Waals surface area (Å²) < 4.78 is 89.4. The van der Waals surface area contributed by atoms with Crippen molar-refractivity contribution < 1.29 is 69.5 Å². The van der Waals surface area contributed by atoms with Gasteiger partial charge < -0.3 is 25.5 Å². The number of ether oxygens (including phenoxy) is 4. The predicted molar refractivity (Wildman–Crippen MR) is 300 cm³/mol. The SMILES string of the molecule is C=CCOP(=O)(OCCN)OCC(COCCC(CC)OC(=O)CCCCCCCCCCC)N=[N+]=[N-].C=CCOP(=O)(OCCNCB=O)OCC(COCCC(CC)OC(=O)CCCCCCCCCCC)N=[N+]=[N-]. The van der Waals surface area contributed by atoms with Crippen molar-refractivity contribution in [3.05, 3.63) is 46.2 Å². The van der Waals surface area contributed by atoms with Crippen molar-refractivity contribution in [1.82, 2.24) is 5.32 Å². The van der Waals surface area contributed by atoms with Gasteiger partial charge in [0.25, 0.3) is 0 Å². The van der Waals surface area contributed by atoms with Gasteiger partial charge in [-0.2, -0.15) is 0 Å². The van der Waals surface area contributed by atoms with E-state index in [0.717, 1.165) is 38.5 Å². The molecule has 0 aliphatic rings. The Labute approximate surface area is 461 Å². The first-order valence-electron chi connectivity index (χ1n) is 28.1. The molecular weight excluding hydrogens is 1040 g/mol. The van der Waals surface area contributed by atoms with Crippen LogP contribution in [0, 0.1) is 0 Å². The normalized spacial score (nSPS) is 14.1. The van der Waals surface area contributed by atoms with E-state index in [2.05, 4.69) is 52.4 Å². The molecule has 0 fully saturated rings. The molecule has 0 heterocycles. The maximum absolute atomic E-state index is 12.8. The first-order chi connectivity index (χ1) is 37.4. The van der Waals surface area contributed by atoms with Crippen molar-refractivity contribution in [3.8, 4) is 0 Å². The predicted octanol–water partition coefficient (Wildman–Crippen LogP) is 12.9. The summed E-state index contributed by atoms with van der Waals surface area (Å²) in [6.07, 6.45) is 27.2. The number of carbonyl (C=O) groups is 2. The minimum atomic E-state index is -3.96. The monoisotopic (exact) mass is 1140 g/mol. The third-order valence-electron chi connectivity index (χ3n) is 11.4. The second-order valence-electron chi connectivity index (χ2n) is 18.1. The van der Waals surface area contributed by atoms with Crippen LogP contribution in [-0.4, -0.2) is 129 Å². The molecule has 0 bridgehead atoms. The number of esters is 2. The minimum absolute atomic E-state index is 0.00916. The number of rotatable bonds is 57. The number of azide groups is 2. The molecule has 0 aromatic heterocycles. The van der Waals surface area contributed by atoms with Crippen LogP contribution in [0.15, 0.2) is 35.5 Å². The summed E-state index contributed by atoms with van der Waals surface area (Å²) in [5.41, 5.74) is 23.1. The van der Waals surface area contributed by atoms with E-state index in [0.29, 0.717) is 52.3 Å². The first-order valence-corrected chi connectivity index (χ1v) is 31.1. The van der Waals surface area contributed by atoms with Crippen molar-refractivity contribution >= 4 is 34.7 Å². The van der Waals surface area contributed by atoms with Crippen LogP contribution in [0.25, 0.3) is 20.9 Å². The molecule has 6 unspecified atom stereocenters. The number of hydrogen-bond donors (Lipinski definition) is 2. The van der Waals surface area contributed by atoms with E-state index >= 15 is 0 Å². The van der Waals surface area contributed by atoms with Gasteiger partial charge in [0, 0.05) is 37.1 Å². The van der Waals surface area contributed by atoms with Crippen molar-refractivity contribution in [1.29, 1.82) is 0 Å². The second-order valence-corrected chi connectivity index (χ2v) is 21.5. The molecule has 446 valence electrons. The van der Waals surface area contributed by atoms with Gasteiger partial charge in [0.1, 0.15) is 12.2 Å². The fourth-order valence-corrected chi connectivity index (χ4v) is 9.38. The zero-order chi connectivity index (χ0) is 57.4. The Hall–Kier alpha value is -3.04. The summed E-state index contributed by atoms with van der Waals surface area (Å²) in [6, 6.07) is -1.53. The molecular formula is C51H99BN8O15P2. The van der Waals surface area contributed by atoms with E-state index in [1.165, 1.54) is 89.2 Å². The molecule has 0 saturated carbocycles. The number of phosphoric ester groups is 2. The standard InChI is InChI=1S/C26H50BN4O8P.C25H49N4O7P/c1-4-7-8-9-10-11-12-13-14-15-26(32)39-25(6-3)16-19-35-21-24(30-31-28)22-38-40(34,36-18-5-2)37-20-17-29-23-27-33;1-4-7-8-9-10-11-12-13-14-15-25(30)36-24(6-3)16-19-32-21-23(28-29-27)22-35-37(31,33-18-5-2)34-20-17-26/h5,24-25,29H,2,4,6-23H2,1,3H3;5,23-24H,2,4,6-22,26H2,1,3H3.